The number of fused-ring (bicyclic) bond motifs is 1. The van der Waals surface area contributed by atoms with Gasteiger partial charge in [-0.15, -0.1) is 0 Å². The largest absolute Gasteiger partial charge is 0.486 e. The molecule has 0 unspecified atom stereocenters. The van der Waals surface area contributed by atoms with Crippen LogP contribution in [0, 0.1) is 17.3 Å². The Morgan fingerprint density at radius 3 is 2.63 bits per heavy atom. The predicted octanol–water partition coefficient (Wildman–Crippen LogP) is 3.76. The van der Waals surface area contributed by atoms with Crippen molar-refractivity contribution in [3.8, 4) is 11.5 Å². The van der Waals surface area contributed by atoms with Crippen LogP contribution in [0.1, 0.15) is 58.1 Å². The summed E-state index contributed by atoms with van der Waals surface area (Å²) in [6.45, 7) is 7.88. The molecule has 1 saturated carbocycles. The topological polar surface area (TPSA) is 55.8 Å². The maximum atomic E-state index is 13.1. The van der Waals surface area contributed by atoms with Gasteiger partial charge >= 0.3 is 0 Å². The van der Waals surface area contributed by atoms with Crippen molar-refractivity contribution in [3.05, 3.63) is 23.8 Å². The van der Waals surface area contributed by atoms with Crippen LogP contribution >= 0.6 is 0 Å². The van der Waals surface area contributed by atoms with Gasteiger partial charge in [0.15, 0.2) is 11.5 Å². The summed E-state index contributed by atoms with van der Waals surface area (Å²) < 4.78 is 11.3. The highest BCUT2D eigenvalue weighted by Gasteiger charge is 2.51. The molecule has 2 heterocycles. The van der Waals surface area contributed by atoms with Gasteiger partial charge in [0.05, 0.1) is 6.04 Å². The standard InChI is InChI=1S/C22H29NO4/c1-14(24)17-12-16(22(17,2)3)13-21(25)23-8-4-5-18(23)15-6-7-19-20(11-15)27-10-9-26-19/h6-7,11,16-18H,4-5,8-10,12-13H2,1-3H3/t16-,17+,18-/m1/s1. The molecule has 4 rings (SSSR count). The minimum atomic E-state index is -0.0757. The summed E-state index contributed by atoms with van der Waals surface area (Å²) in [5.41, 5.74) is 1.05. The van der Waals surface area contributed by atoms with Crippen molar-refractivity contribution in [1.29, 1.82) is 0 Å². The lowest BCUT2D eigenvalue weighted by atomic mass is 9.52. The molecule has 2 fully saturated rings. The van der Waals surface area contributed by atoms with Crippen LogP contribution in [-0.2, 0) is 9.59 Å². The number of rotatable bonds is 4. The van der Waals surface area contributed by atoms with E-state index in [-0.39, 0.29) is 29.1 Å². The number of likely N-dealkylation sites (tertiary alicyclic amines) is 1. The average molecular weight is 371 g/mol. The maximum Gasteiger partial charge on any atom is 0.223 e. The third-order valence-corrected chi connectivity index (χ3v) is 6.91. The van der Waals surface area contributed by atoms with Gasteiger partial charge in [-0.05, 0) is 55.2 Å². The number of carbonyl (C=O) groups is 2. The predicted molar refractivity (Wildman–Crippen MR) is 102 cm³/mol. The van der Waals surface area contributed by atoms with E-state index in [0.717, 1.165) is 42.9 Å². The van der Waals surface area contributed by atoms with Crippen molar-refractivity contribution in [2.75, 3.05) is 19.8 Å². The van der Waals surface area contributed by atoms with Gasteiger partial charge in [0, 0.05) is 18.9 Å². The molecule has 1 saturated heterocycles. The summed E-state index contributed by atoms with van der Waals surface area (Å²) in [5, 5.41) is 0. The number of hydrogen-bond acceptors (Lipinski definition) is 4. The summed E-state index contributed by atoms with van der Waals surface area (Å²) >= 11 is 0. The molecule has 1 aromatic rings. The smallest absolute Gasteiger partial charge is 0.223 e. The molecule has 1 aliphatic carbocycles. The lowest BCUT2D eigenvalue weighted by Crippen LogP contribution is -2.50. The van der Waals surface area contributed by atoms with E-state index in [9.17, 15) is 9.59 Å². The molecular formula is C22H29NO4. The summed E-state index contributed by atoms with van der Waals surface area (Å²) in [4.78, 5) is 26.9. The molecule has 27 heavy (non-hydrogen) atoms. The Labute approximate surface area is 161 Å². The second-order valence-electron chi connectivity index (χ2n) is 8.77. The first kappa shape index (κ1) is 18.3. The monoisotopic (exact) mass is 371 g/mol. The zero-order chi connectivity index (χ0) is 19.2. The van der Waals surface area contributed by atoms with E-state index >= 15 is 0 Å². The molecule has 3 aliphatic rings. The molecule has 3 atom stereocenters. The molecule has 2 aliphatic heterocycles. The number of carbonyl (C=O) groups excluding carboxylic acids is 2. The van der Waals surface area contributed by atoms with Gasteiger partial charge in [-0.3, -0.25) is 9.59 Å². The number of Topliss-reactive ketones (excluding diaryl/α,β-unsaturated/α-hetero) is 1. The molecule has 5 nitrogen and oxygen atoms in total. The van der Waals surface area contributed by atoms with Gasteiger partial charge in [-0.25, -0.2) is 0 Å². The molecule has 0 bridgehead atoms. The lowest BCUT2D eigenvalue weighted by Gasteiger charge is -2.51. The molecule has 146 valence electrons. The van der Waals surface area contributed by atoms with Crippen LogP contribution in [0.15, 0.2) is 18.2 Å². The summed E-state index contributed by atoms with van der Waals surface area (Å²) in [6.07, 6.45) is 3.39. The molecule has 0 spiro atoms. The first-order valence-corrected chi connectivity index (χ1v) is 10.1. The number of benzene rings is 1. The van der Waals surface area contributed by atoms with Crippen LogP contribution in [0.2, 0.25) is 0 Å². The maximum absolute atomic E-state index is 13.1. The highest BCUT2D eigenvalue weighted by molar-refractivity contribution is 5.82. The zero-order valence-electron chi connectivity index (χ0n) is 16.5. The number of nitrogens with zero attached hydrogens (tertiary/aromatic N) is 1. The van der Waals surface area contributed by atoms with Crippen molar-refractivity contribution >= 4 is 11.7 Å². The third-order valence-electron chi connectivity index (χ3n) is 6.91. The van der Waals surface area contributed by atoms with E-state index in [2.05, 4.69) is 19.9 Å². The Morgan fingerprint density at radius 1 is 1.19 bits per heavy atom. The molecule has 5 heteroatoms. The van der Waals surface area contributed by atoms with Gasteiger partial charge in [-0.1, -0.05) is 19.9 Å². The summed E-state index contributed by atoms with van der Waals surface area (Å²) in [7, 11) is 0. The van der Waals surface area contributed by atoms with Crippen LogP contribution in [-0.4, -0.2) is 36.3 Å². The number of hydrogen-bond donors (Lipinski definition) is 0. The van der Waals surface area contributed by atoms with Crippen LogP contribution < -0.4 is 9.47 Å². The van der Waals surface area contributed by atoms with E-state index in [1.807, 2.05) is 17.0 Å². The Bertz CT molecular complexity index is 757. The van der Waals surface area contributed by atoms with Crippen molar-refractivity contribution in [2.24, 2.45) is 17.3 Å². The Morgan fingerprint density at radius 2 is 1.93 bits per heavy atom. The van der Waals surface area contributed by atoms with E-state index in [1.165, 1.54) is 0 Å². The number of ketones is 1. The van der Waals surface area contributed by atoms with Crippen molar-refractivity contribution in [2.45, 2.75) is 52.5 Å². The Kier molecular flexibility index (Phi) is 4.65. The molecule has 0 N–H and O–H groups in total. The molecular weight excluding hydrogens is 342 g/mol. The third kappa shape index (κ3) is 3.21. The van der Waals surface area contributed by atoms with Crippen LogP contribution in [0.25, 0.3) is 0 Å². The lowest BCUT2D eigenvalue weighted by molar-refractivity contribution is -0.145. The molecule has 0 radical (unpaired) electrons. The van der Waals surface area contributed by atoms with Crippen molar-refractivity contribution in [3.63, 3.8) is 0 Å². The van der Waals surface area contributed by atoms with Gasteiger partial charge in [0.25, 0.3) is 0 Å². The quantitative estimate of drug-likeness (QED) is 0.809. The highest BCUT2D eigenvalue weighted by Crippen LogP contribution is 2.53. The first-order valence-electron chi connectivity index (χ1n) is 10.1. The second kappa shape index (κ2) is 6.84. The van der Waals surface area contributed by atoms with Crippen LogP contribution in [0.3, 0.4) is 0 Å². The summed E-state index contributed by atoms with van der Waals surface area (Å²) in [5.74, 6) is 2.42. The minimum absolute atomic E-state index is 0.0757. The van der Waals surface area contributed by atoms with Crippen LogP contribution in [0.4, 0.5) is 0 Å². The fourth-order valence-electron chi connectivity index (χ4n) is 5.06. The number of ether oxygens (including phenoxy) is 2. The van der Waals surface area contributed by atoms with Gasteiger partial charge in [-0.2, -0.15) is 0 Å². The highest BCUT2D eigenvalue weighted by atomic mass is 16.6. The van der Waals surface area contributed by atoms with E-state index in [4.69, 9.17) is 9.47 Å². The van der Waals surface area contributed by atoms with E-state index < -0.39 is 0 Å². The average Bonchev–Trinajstić information content (AvgIpc) is 3.13. The second-order valence-corrected chi connectivity index (χ2v) is 8.77. The molecule has 1 aromatic carbocycles. The van der Waals surface area contributed by atoms with Gasteiger partial charge in [0.1, 0.15) is 19.0 Å². The fourth-order valence-corrected chi connectivity index (χ4v) is 5.06. The molecule has 0 aromatic heterocycles. The van der Waals surface area contributed by atoms with Gasteiger partial charge < -0.3 is 14.4 Å². The van der Waals surface area contributed by atoms with Gasteiger partial charge in [0.2, 0.25) is 5.91 Å². The van der Waals surface area contributed by atoms with Crippen molar-refractivity contribution < 1.29 is 19.1 Å². The van der Waals surface area contributed by atoms with E-state index in [0.29, 0.717) is 25.6 Å². The van der Waals surface area contributed by atoms with E-state index in [1.54, 1.807) is 6.92 Å². The molecule has 1 amide bonds. The SMILES string of the molecule is CC(=O)[C@@H]1C[C@H](CC(=O)N2CCC[C@@H]2c2ccc3c(c2)OCCO3)C1(C)C. The first-order chi connectivity index (χ1) is 12.9. The Hall–Kier alpha value is -2.04. The number of amides is 1. The zero-order valence-corrected chi connectivity index (χ0v) is 16.5. The minimum Gasteiger partial charge on any atom is -0.486 e. The fraction of sp³-hybridized carbons (Fsp3) is 0.636. The Balaban J connectivity index is 1.46. The summed E-state index contributed by atoms with van der Waals surface area (Å²) in [6, 6.07) is 6.16. The van der Waals surface area contributed by atoms with Crippen LogP contribution in [0.5, 0.6) is 11.5 Å². The normalized spacial score (nSPS) is 28.6. The van der Waals surface area contributed by atoms with Crippen molar-refractivity contribution in [1.82, 2.24) is 4.90 Å².